The van der Waals surface area contributed by atoms with E-state index in [0.717, 1.165) is 21.9 Å². The van der Waals surface area contributed by atoms with Crippen molar-refractivity contribution in [1.82, 2.24) is 19.5 Å². The van der Waals surface area contributed by atoms with Gasteiger partial charge < -0.3 is 14.8 Å². The third-order valence-electron chi connectivity index (χ3n) is 3.76. The van der Waals surface area contributed by atoms with Crippen LogP contribution in [0.5, 0.6) is 0 Å². The van der Waals surface area contributed by atoms with Gasteiger partial charge in [0.05, 0.1) is 36.5 Å². The Morgan fingerprint density at radius 1 is 1.09 bits per heavy atom. The molecule has 0 aliphatic heterocycles. The van der Waals surface area contributed by atoms with Crippen molar-refractivity contribution in [3.8, 4) is 0 Å². The van der Waals surface area contributed by atoms with Crippen LogP contribution in [0, 0.1) is 0 Å². The zero-order chi connectivity index (χ0) is 15.1. The minimum atomic E-state index is -0.842. The van der Waals surface area contributed by atoms with Gasteiger partial charge in [-0.05, 0) is 12.1 Å². The highest BCUT2D eigenvalue weighted by Crippen LogP contribution is 2.28. The van der Waals surface area contributed by atoms with E-state index in [-0.39, 0.29) is 13.2 Å². The lowest BCUT2D eigenvalue weighted by Crippen LogP contribution is -2.19. The number of fused-ring (bicyclic) bond motifs is 4. The fraction of sp³-hybridized carbons (Fsp3) is 0.188. The van der Waals surface area contributed by atoms with Crippen molar-refractivity contribution in [1.29, 1.82) is 0 Å². The summed E-state index contributed by atoms with van der Waals surface area (Å²) in [4.78, 5) is 13.4. The zero-order valence-electron chi connectivity index (χ0n) is 11.7. The molecule has 3 heterocycles. The van der Waals surface area contributed by atoms with Crippen molar-refractivity contribution in [2.75, 3.05) is 6.61 Å². The van der Waals surface area contributed by atoms with Crippen molar-refractivity contribution in [2.45, 2.75) is 12.6 Å². The first-order valence-electron chi connectivity index (χ1n) is 7.05. The molecule has 0 fully saturated rings. The fourth-order valence-electron chi connectivity index (χ4n) is 2.74. The molecule has 4 rings (SSSR count). The van der Waals surface area contributed by atoms with Crippen LogP contribution in [0.4, 0.5) is 0 Å². The van der Waals surface area contributed by atoms with Gasteiger partial charge in [0.15, 0.2) is 5.65 Å². The van der Waals surface area contributed by atoms with E-state index in [1.165, 1.54) is 0 Å². The normalized spacial score (nSPS) is 13.2. The summed E-state index contributed by atoms with van der Waals surface area (Å²) in [7, 11) is 0. The molecular weight excluding hydrogens is 280 g/mol. The predicted octanol–water partition coefficient (Wildman–Crippen LogP) is 1.49. The van der Waals surface area contributed by atoms with Gasteiger partial charge in [-0.2, -0.15) is 0 Å². The number of hydrogen-bond donors (Lipinski definition) is 2. The minimum Gasteiger partial charge on any atom is -0.394 e. The van der Waals surface area contributed by atoms with Crippen LogP contribution in [0.3, 0.4) is 0 Å². The van der Waals surface area contributed by atoms with Crippen molar-refractivity contribution in [3.05, 3.63) is 42.7 Å². The SMILES string of the molecule is OCC(O)Cn1c2ccccc2c2nc3ccncc3nc21. The summed E-state index contributed by atoms with van der Waals surface area (Å²) >= 11 is 0. The first-order valence-corrected chi connectivity index (χ1v) is 7.05. The van der Waals surface area contributed by atoms with Crippen LogP contribution in [0.25, 0.3) is 33.1 Å². The summed E-state index contributed by atoms with van der Waals surface area (Å²) in [6.07, 6.45) is 2.52. The molecular formula is C16H14N4O2. The lowest BCUT2D eigenvalue weighted by atomic mass is 10.2. The lowest BCUT2D eigenvalue weighted by molar-refractivity contribution is 0.0830. The molecule has 6 nitrogen and oxygen atoms in total. The second-order valence-electron chi connectivity index (χ2n) is 5.22. The van der Waals surface area contributed by atoms with E-state index in [4.69, 9.17) is 10.1 Å². The van der Waals surface area contributed by atoms with E-state index in [9.17, 15) is 5.11 Å². The Labute approximate surface area is 125 Å². The number of pyridine rings is 1. The van der Waals surface area contributed by atoms with Crippen molar-refractivity contribution < 1.29 is 10.2 Å². The van der Waals surface area contributed by atoms with E-state index in [2.05, 4.69) is 9.97 Å². The number of aromatic nitrogens is 4. The topological polar surface area (TPSA) is 84.1 Å². The molecule has 3 aromatic heterocycles. The van der Waals surface area contributed by atoms with Gasteiger partial charge in [-0.1, -0.05) is 18.2 Å². The number of nitrogens with zero attached hydrogens (tertiary/aromatic N) is 4. The third kappa shape index (κ3) is 1.93. The Kier molecular flexibility index (Phi) is 2.99. The molecule has 22 heavy (non-hydrogen) atoms. The Morgan fingerprint density at radius 2 is 1.95 bits per heavy atom. The predicted molar refractivity (Wildman–Crippen MR) is 83.4 cm³/mol. The van der Waals surface area contributed by atoms with Crippen LogP contribution in [0.1, 0.15) is 0 Å². The highest BCUT2D eigenvalue weighted by Gasteiger charge is 2.16. The van der Waals surface area contributed by atoms with Crippen molar-refractivity contribution in [3.63, 3.8) is 0 Å². The molecule has 6 heteroatoms. The zero-order valence-corrected chi connectivity index (χ0v) is 11.7. The largest absolute Gasteiger partial charge is 0.394 e. The molecule has 110 valence electrons. The van der Waals surface area contributed by atoms with Crippen LogP contribution in [-0.2, 0) is 6.54 Å². The van der Waals surface area contributed by atoms with E-state index < -0.39 is 6.10 Å². The lowest BCUT2D eigenvalue weighted by Gasteiger charge is -2.10. The number of hydrogen-bond acceptors (Lipinski definition) is 5. The smallest absolute Gasteiger partial charge is 0.160 e. The van der Waals surface area contributed by atoms with E-state index >= 15 is 0 Å². The Morgan fingerprint density at radius 3 is 2.82 bits per heavy atom. The van der Waals surface area contributed by atoms with Crippen molar-refractivity contribution in [2.24, 2.45) is 0 Å². The van der Waals surface area contributed by atoms with Crippen LogP contribution in [0.2, 0.25) is 0 Å². The van der Waals surface area contributed by atoms with E-state index in [1.807, 2.05) is 34.9 Å². The molecule has 1 aromatic carbocycles. The summed E-state index contributed by atoms with van der Waals surface area (Å²) < 4.78 is 1.89. The van der Waals surface area contributed by atoms with Gasteiger partial charge >= 0.3 is 0 Å². The molecule has 0 bridgehead atoms. The summed E-state index contributed by atoms with van der Waals surface area (Å²) in [5.41, 5.74) is 3.91. The summed E-state index contributed by atoms with van der Waals surface area (Å²) in [5, 5.41) is 20.0. The van der Waals surface area contributed by atoms with Gasteiger partial charge in [0.25, 0.3) is 0 Å². The quantitative estimate of drug-likeness (QED) is 0.598. The third-order valence-corrected chi connectivity index (χ3v) is 3.76. The minimum absolute atomic E-state index is 0.265. The van der Waals surface area contributed by atoms with Gasteiger partial charge in [0.2, 0.25) is 0 Å². The Hall–Kier alpha value is -2.57. The standard InChI is InChI=1S/C16H14N4O2/c21-9-10(22)8-20-14-4-2-1-3-11(14)15-16(20)19-13-7-17-6-5-12(13)18-15/h1-7,10,21-22H,8-9H2. The van der Waals surface area contributed by atoms with Gasteiger partial charge in [0, 0.05) is 11.6 Å². The van der Waals surface area contributed by atoms with Gasteiger partial charge in [-0.15, -0.1) is 0 Å². The van der Waals surface area contributed by atoms with Crippen LogP contribution in [-0.4, -0.2) is 42.4 Å². The number of rotatable bonds is 3. The molecule has 0 aliphatic rings. The van der Waals surface area contributed by atoms with Crippen LogP contribution in [0.15, 0.2) is 42.7 Å². The number of aliphatic hydroxyl groups excluding tert-OH is 2. The number of para-hydroxylation sites is 1. The molecule has 1 atom stereocenters. The average molecular weight is 294 g/mol. The van der Waals surface area contributed by atoms with Crippen LogP contribution >= 0.6 is 0 Å². The Balaban J connectivity index is 2.11. The first-order chi connectivity index (χ1) is 10.8. The molecule has 0 radical (unpaired) electrons. The molecule has 2 N–H and O–H groups in total. The molecule has 1 unspecified atom stereocenters. The maximum absolute atomic E-state index is 9.83. The molecule has 0 saturated carbocycles. The first kappa shape index (κ1) is 13.1. The van der Waals surface area contributed by atoms with E-state index in [0.29, 0.717) is 11.2 Å². The molecule has 0 aliphatic carbocycles. The van der Waals surface area contributed by atoms with Crippen molar-refractivity contribution >= 4 is 33.1 Å². The maximum atomic E-state index is 9.83. The highest BCUT2D eigenvalue weighted by atomic mass is 16.3. The van der Waals surface area contributed by atoms with Gasteiger partial charge in [-0.25, -0.2) is 9.97 Å². The van der Waals surface area contributed by atoms with Gasteiger partial charge in [0.1, 0.15) is 11.0 Å². The summed E-state index contributed by atoms with van der Waals surface area (Å²) in [6.45, 7) is -0.0302. The number of aliphatic hydroxyl groups is 2. The molecule has 4 aromatic rings. The highest BCUT2D eigenvalue weighted by molar-refractivity contribution is 6.06. The average Bonchev–Trinajstić information content (AvgIpc) is 2.86. The molecule has 0 amide bonds. The number of benzene rings is 1. The monoisotopic (exact) mass is 294 g/mol. The molecule has 0 saturated heterocycles. The molecule has 0 spiro atoms. The maximum Gasteiger partial charge on any atom is 0.160 e. The fourth-order valence-corrected chi connectivity index (χ4v) is 2.74. The van der Waals surface area contributed by atoms with Crippen LogP contribution < -0.4 is 0 Å². The van der Waals surface area contributed by atoms with E-state index in [1.54, 1.807) is 12.4 Å². The summed E-state index contributed by atoms with van der Waals surface area (Å²) in [6, 6.07) is 9.67. The summed E-state index contributed by atoms with van der Waals surface area (Å²) in [5.74, 6) is 0. The van der Waals surface area contributed by atoms with Gasteiger partial charge in [-0.3, -0.25) is 4.98 Å². The Bertz CT molecular complexity index is 980. The second kappa shape index (κ2) is 5.01. The second-order valence-corrected chi connectivity index (χ2v) is 5.22.